The highest BCUT2D eigenvalue weighted by molar-refractivity contribution is 6.30. The lowest BCUT2D eigenvalue weighted by atomic mass is 10.1. The van der Waals surface area contributed by atoms with Crippen molar-refractivity contribution in [2.75, 3.05) is 24.4 Å². The summed E-state index contributed by atoms with van der Waals surface area (Å²) < 4.78 is 11.0. The molecule has 0 aliphatic carbocycles. The van der Waals surface area contributed by atoms with Crippen molar-refractivity contribution in [2.45, 2.75) is 13.8 Å². The number of methoxy groups -OCH3 is 1. The van der Waals surface area contributed by atoms with E-state index < -0.39 is 5.91 Å². The maximum atomic E-state index is 12.5. The van der Waals surface area contributed by atoms with Crippen molar-refractivity contribution in [3.05, 3.63) is 87.9 Å². The molecule has 2 amide bonds. The molecule has 0 aliphatic rings. The maximum absolute atomic E-state index is 12.5. The first kappa shape index (κ1) is 25.3. The lowest BCUT2D eigenvalue weighted by Gasteiger charge is -2.13. The third kappa shape index (κ3) is 7.10. The largest absolute Gasteiger partial charge is 0.493 e. The molecule has 0 heterocycles. The number of rotatable bonds is 8. The second-order valence-electron chi connectivity index (χ2n) is 7.70. The average molecular weight is 490 g/mol. The van der Waals surface area contributed by atoms with Crippen molar-refractivity contribution < 1.29 is 19.1 Å². The number of benzene rings is 3. The minimum atomic E-state index is -0.558. The number of anilines is 2. The fraction of sp³-hybridized carbons (Fsp3) is 0.148. The van der Waals surface area contributed by atoms with Gasteiger partial charge in [-0.25, -0.2) is 0 Å². The van der Waals surface area contributed by atoms with E-state index in [9.17, 15) is 14.9 Å². The van der Waals surface area contributed by atoms with Crippen LogP contribution in [0.25, 0.3) is 6.08 Å². The average Bonchev–Trinajstić information content (AvgIpc) is 2.85. The number of nitrogens with one attached hydrogen (secondary N) is 2. The van der Waals surface area contributed by atoms with Gasteiger partial charge < -0.3 is 20.1 Å². The van der Waals surface area contributed by atoms with E-state index in [1.807, 2.05) is 38.1 Å². The number of carbonyl (C=O) groups excluding carboxylic acids is 2. The molecule has 0 unspecified atom stereocenters. The highest BCUT2D eigenvalue weighted by Crippen LogP contribution is 2.29. The summed E-state index contributed by atoms with van der Waals surface area (Å²) in [4.78, 5) is 24.9. The van der Waals surface area contributed by atoms with Crippen molar-refractivity contribution in [3.63, 3.8) is 0 Å². The molecule has 8 heteroatoms. The molecule has 0 radical (unpaired) electrons. The molecule has 0 aromatic heterocycles. The number of halogens is 1. The Hall–Kier alpha value is -4.28. The summed E-state index contributed by atoms with van der Waals surface area (Å²) in [5, 5.41) is 15.5. The van der Waals surface area contributed by atoms with Crippen molar-refractivity contribution in [3.8, 4) is 17.6 Å². The number of carbonyl (C=O) groups is 2. The van der Waals surface area contributed by atoms with E-state index in [1.165, 1.54) is 13.2 Å². The lowest BCUT2D eigenvalue weighted by Crippen LogP contribution is -2.20. The Kier molecular flexibility index (Phi) is 8.49. The van der Waals surface area contributed by atoms with E-state index in [2.05, 4.69) is 10.6 Å². The fourth-order valence-electron chi connectivity index (χ4n) is 3.14. The smallest absolute Gasteiger partial charge is 0.266 e. The molecule has 0 bridgehead atoms. The number of hydrogen-bond acceptors (Lipinski definition) is 5. The number of amides is 2. The van der Waals surface area contributed by atoms with Gasteiger partial charge in [-0.1, -0.05) is 29.8 Å². The van der Waals surface area contributed by atoms with Crippen LogP contribution < -0.4 is 20.1 Å². The Labute approximate surface area is 208 Å². The van der Waals surface area contributed by atoms with E-state index in [0.717, 1.165) is 16.8 Å². The van der Waals surface area contributed by atoms with E-state index in [4.69, 9.17) is 21.1 Å². The minimum absolute atomic E-state index is 0.0939. The molecule has 178 valence electrons. The summed E-state index contributed by atoms with van der Waals surface area (Å²) >= 11 is 5.85. The highest BCUT2D eigenvalue weighted by Gasteiger charge is 2.13. The van der Waals surface area contributed by atoms with E-state index in [0.29, 0.717) is 27.8 Å². The zero-order valence-electron chi connectivity index (χ0n) is 19.5. The number of aryl methyl sites for hydroxylation is 2. The maximum Gasteiger partial charge on any atom is 0.266 e. The van der Waals surface area contributed by atoms with Crippen LogP contribution in [0, 0.1) is 25.2 Å². The van der Waals surface area contributed by atoms with Gasteiger partial charge in [0.25, 0.3) is 11.8 Å². The second kappa shape index (κ2) is 11.7. The van der Waals surface area contributed by atoms with Crippen LogP contribution in [0.4, 0.5) is 11.4 Å². The van der Waals surface area contributed by atoms with Crippen LogP contribution in [0.15, 0.2) is 66.2 Å². The number of ether oxygens (including phenoxy) is 2. The SMILES string of the molecule is COc1cc(/C=C(/C#N)C(=O)Nc2ccc(Cl)cc2)ccc1OCC(=O)Nc1cc(C)ccc1C. The molecular formula is C27H24ClN3O4. The quantitative estimate of drug-likeness (QED) is 0.320. The highest BCUT2D eigenvalue weighted by atomic mass is 35.5. The van der Waals surface area contributed by atoms with Gasteiger partial charge >= 0.3 is 0 Å². The number of hydrogen-bond donors (Lipinski definition) is 2. The van der Waals surface area contributed by atoms with Gasteiger partial charge in [0.05, 0.1) is 7.11 Å². The van der Waals surface area contributed by atoms with Gasteiger partial charge in [-0.3, -0.25) is 9.59 Å². The van der Waals surface area contributed by atoms with Crippen LogP contribution in [-0.4, -0.2) is 25.5 Å². The molecule has 2 N–H and O–H groups in total. The van der Waals surface area contributed by atoms with Gasteiger partial charge in [0, 0.05) is 16.4 Å². The van der Waals surface area contributed by atoms with Crippen LogP contribution in [0.3, 0.4) is 0 Å². The van der Waals surface area contributed by atoms with E-state index in [-0.39, 0.29) is 18.1 Å². The molecule has 7 nitrogen and oxygen atoms in total. The molecule has 0 saturated carbocycles. The van der Waals surface area contributed by atoms with Crippen LogP contribution in [-0.2, 0) is 9.59 Å². The summed E-state index contributed by atoms with van der Waals surface area (Å²) in [5.41, 5.74) is 3.69. The summed E-state index contributed by atoms with van der Waals surface area (Å²) in [5.74, 6) is -0.161. The topological polar surface area (TPSA) is 100 Å². The molecule has 0 fully saturated rings. The van der Waals surface area contributed by atoms with Gasteiger partial charge in [0.1, 0.15) is 11.6 Å². The van der Waals surface area contributed by atoms with Crippen molar-refractivity contribution in [1.29, 1.82) is 5.26 Å². The lowest BCUT2D eigenvalue weighted by molar-refractivity contribution is -0.118. The third-order valence-corrected chi connectivity index (χ3v) is 5.24. The first-order valence-electron chi connectivity index (χ1n) is 10.7. The first-order valence-corrected chi connectivity index (χ1v) is 11.0. The van der Waals surface area contributed by atoms with Crippen molar-refractivity contribution >= 4 is 40.9 Å². The van der Waals surface area contributed by atoms with Crippen LogP contribution in [0.2, 0.25) is 5.02 Å². The summed E-state index contributed by atoms with van der Waals surface area (Å²) in [6, 6.07) is 19.2. The molecule has 3 aromatic rings. The van der Waals surface area contributed by atoms with Gasteiger partial charge in [-0.15, -0.1) is 0 Å². The standard InChI is InChI=1S/C27H24ClN3O4/c1-17-4-5-18(2)23(12-17)31-26(32)16-35-24-11-6-19(14-25(24)34-3)13-20(15-29)27(33)30-22-9-7-21(28)8-10-22/h4-14H,16H2,1-3H3,(H,30,33)(H,31,32)/b20-13-. The Morgan fingerprint density at radius 2 is 1.74 bits per heavy atom. The number of nitriles is 1. The summed E-state index contributed by atoms with van der Waals surface area (Å²) in [6.07, 6.45) is 1.44. The fourth-order valence-corrected chi connectivity index (χ4v) is 3.27. The molecule has 0 atom stereocenters. The van der Waals surface area contributed by atoms with Crippen molar-refractivity contribution in [1.82, 2.24) is 0 Å². The van der Waals surface area contributed by atoms with Gasteiger partial charge in [-0.05, 0) is 79.1 Å². The summed E-state index contributed by atoms with van der Waals surface area (Å²) in [6.45, 7) is 3.65. The van der Waals surface area contributed by atoms with Crippen LogP contribution >= 0.6 is 11.6 Å². The molecule has 0 spiro atoms. The van der Waals surface area contributed by atoms with Crippen LogP contribution in [0.5, 0.6) is 11.5 Å². The Bertz CT molecular complexity index is 1310. The normalized spacial score (nSPS) is 10.8. The predicted octanol–water partition coefficient (Wildman–Crippen LogP) is 5.53. The predicted molar refractivity (Wildman–Crippen MR) is 137 cm³/mol. The minimum Gasteiger partial charge on any atom is -0.493 e. The molecule has 35 heavy (non-hydrogen) atoms. The van der Waals surface area contributed by atoms with Crippen molar-refractivity contribution in [2.24, 2.45) is 0 Å². The number of nitrogens with zero attached hydrogens (tertiary/aromatic N) is 1. The zero-order chi connectivity index (χ0) is 25.4. The zero-order valence-corrected chi connectivity index (χ0v) is 20.3. The molecular weight excluding hydrogens is 466 g/mol. The third-order valence-electron chi connectivity index (χ3n) is 4.99. The van der Waals surface area contributed by atoms with Gasteiger partial charge in [0.15, 0.2) is 18.1 Å². The molecule has 0 aliphatic heterocycles. The van der Waals surface area contributed by atoms with E-state index >= 15 is 0 Å². The Morgan fingerprint density at radius 3 is 2.43 bits per heavy atom. The van der Waals surface area contributed by atoms with E-state index in [1.54, 1.807) is 42.5 Å². The second-order valence-corrected chi connectivity index (χ2v) is 8.13. The van der Waals surface area contributed by atoms with Crippen LogP contribution in [0.1, 0.15) is 16.7 Å². The Balaban J connectivity index is 1.68. The molecule has 3 aromatic carbocycles. The van der Waals surface area contributed by atoms with Gasteiger partial charge in [0.2, 0.25) is 0 Å². The monoisotopic (exact) mass is 489 g/mol. The van der Waals surface area contributed by atoms with Gasteiger partial charge in [-0.2, -0.15) is 5.26 Å². The molecule has 0 saturated heterocycles. The molecule has 3 rings (SSSR count). The Morgan fingerprint density at radius 1 is 1.00 bits per heavy atom. The summed E-state index contributed by atoms with van der Waals surface area (Å²) in [7, 11) is 1.46. The first-order chi connectivity index (χ1) is 16.8.